The van der Waals surface area contributed by atoms with Gasteiger partial charge in [-0.05, 0) is 38.1 Å². The first-order chi connectivity index (χ1) is 7.54. The Labute approximate surface area is 96.3 Å². The lowest BCUT2D eigenvalue weighted by Crippen LogP contribution is -2.30. The number of nitrogens with zero attached hydrogens (tertiary/aromatic N) is 2. The Morgan fingerprint density at radius 2 is 2.00 bits per heavy atom. The maximum Gasteiger partial charge on any atom is 0.131 e. The predicted octanol–water partition coefficient (Wildman–Crippen LogP) is 2.36. The summed E-state index contributed by atoms with van der Waals surface area (Å²) >= 11 is 0. The van der Waals surface area contributed by atoms with E-state index in [4.69, 9.17) is 5.26 Å². The van der Waals surface area contributed by atoms with Crippen molar-refractivity contribution in [1.82, 2.24) is 0 Å². The van der Waals surface area contributed by atoms with Gasteiger partial charge in [0.2, 0.25) is 0 Å². The summed E-state index contributed by atoms with van der Waals surface area (Å²) in [6.45, 7) is 3.61. The van der Waals surface area contributed by atoms with Crippen molar-refractivity contribution in [2.75, 3.05) is 11.9 Å². The van der Waals surface area contributed by atoms with E-state index in [0.717, 1.165) is 5.69 Å². The molecule has 0 heterocycles. The summed E-state index contributed by atoms with van der Waals surface area (Å²) in [4.78, 5) is 13.1. The van der Waals surface area contributed by atoms with Gasteiger partial charge in [-0.15, -0.1) is 0 Å². The molecule has 0 saturated carbocycles. The SMILES string of the molecule is CC(=O)CC(C)N(C)c1ccc(C#N)cc1. The van der Waals surface area contributed by atoms with Crippen LogP contribution in [-0.4, -0.2) is 18.9 Å². The molecule has 0 aliphatic heterocycles. The van der Waals surface area contributed by atoms with Crippen LogP contribution < -0.4 is 4.90 Å². The monoisotopic (exact) mass is 216 g/mol. The van der Waals surface area contributed by atoms with E-state index in [0.29, 0.717) is 12.0 Å². The van der Waals surface area contributed by atoms with Gasteiger partial charge < -0.3 is 4.90 Å². The topological polar surface area (TPSA) is 44.1 Å². The summed E-state index contributed by atoms with van der Waals surface area (Å²) in [7, 11) is 1.95. The van der Waals surface area contributed by atoms with Crippen LogP contribution in [0.5, 0.6) is 0 Å². The van der Waals surface area contributed by atoms with E-state index in [9.17, 15) is 4.79 Å². The summed E-state index contributed by atoms with van der Waals surface area (Å²) in [5.74, 6) is 0.188. The lowest BCUT2D eigenvalue weighted by molar-refractivity contribution is -0.117. The Bertz CT molecular complexity index is 403. The van der Waals surface area contributed by atoms with Gasteiger partial charge in [0.05, 0.1) is 11.6 Å². The normalized spacial score (nSPS) is 11.6. The van der Waals surface area contributed by atoms with Gasteiger partial charge in [-0.1, -0.05) is 0 Å². The molecule has 84 valence electrons. The Hall–Kier alpha value is -1.82. The average Bonchev–Trinajstić information content (AvgIpc) is 2.27. The van der Waals surface area contributed by atoms with E-state index in [1.807, 2.05) is 31.0 Å². The highest BCUT2D eigenvalue weighted by atomic mass is 16.1. The van der Waals surface area contributed by atoms with Crippen LogP contribution in [0.2, 0.25) is 0 Å². The number of carbonyl (C=O) groups excluding carboxylic acids is 1. The second kappa shape index (κ2) is 5.32. The Kier molecular flexibility index (Phi) is 4.07. The van der Waals surface area contributed by atoms with E-state index < -0.39 is 0 Å². The zero-order valence-electron chi connectivity index (χ0n) is 9.90. The number of benzene rings is 1. The molecule has 0 aliphatic carbocycles. The van der Waals surface area contributed by atoms with Crippen LogP contribution in [-0.2, 0) is 4.79 Å². The summed E-state index contributed by atoms with van der Waals surface area (Å²) < 4.78 is 0. The summed E-state index contributed by atoms with van der Waals surface area (Å²) in [5, 5.41) is 8.69. The molecule has 0 radical (unpaired) electrons. The number of carbonyl (C=O) groups is 1. The molecule has 16 heavy (non-hydrogen) atoms. The summed E-state index contributed by atoms with van der Waals surface area (Å²) in [6, 6.07) is 9.62. The number of Topliss-reactive ketones (excluding diaryl/α,β-unsaturated/α-hetero) is 1. The minimum Gasteiger partial charge on any atom is -0.371 e. The number of nitriles is 1. The average molecular weight is 216 g/mol. The Balaban J connectivity index is 2.76. The highest BCUT2D eigenvalue weighted by Crippen LogP contribution is 2.17. The first kappa shape index (κ1) is 12.3. The van der Waals surface area contributed by atoms with Gasteiger partial charge in [-0.3, -0.25) is 4.79 Å². The van der Waals surface area contributed by atoms with Crippen molar-refractivity contribution >= 4 is 11.5 Å². The molecule has 1 unspecified atom stereocenters. The van der Waals surface area contributed by atoms with E-state index in [-0.39, 0.29) is 11.8 Å². The van der Waals surface area contributed by atoms with Gasteiger partial charge in [0.15, 0.2) is 0 Å². The molecule has 0 amide bonds. The highest BCUT2D eigenvalue weighted by molar-refractivity contribution is 5.76. The fourth-order valence-corrected chi connectivity index (χ4v) is 1.58. The quantitative estimate of drug-likeness (QED) is 0.776. The van der Waals surface area contributed by atoms with Crippen LogP contribution in [0.25, 0.3) is 0 Å². The van der Waals surface area contributed by atoms with Crippen LogP contribution in [0.4, 0.5) is 5.69 Å². The van der Waals surface area contributed by atoms with Gasteiger partial charge in [0.1, 0.15) is 5.78 Å². The van der Waals surface area contributed by atoms with Crippen molar-refractivity contribution in [1.29, 1.82) is 5.26 Å². The molecule has 0 aliphatic rings. The molecular weight excluding hydrogens is 200 g/mol. The molecule has 3 heteroatoms. The van der Waals surface area contributed by atoms with Crippen molar-refractivity contribution in [2.45, 2.75) is 26.3 Å². The molecule has 0 saturated heterocycles. The van der Waals surface area contributed by atoms with Crippen molar-refractivity contribution in [3.63, 3.8) is 0 Å². The molecule has 0 bridgehead atoms. The third-order valence-electron chi connectivity index (χ3n) is 2.65. The smallest absolute Gasteiger partial charge is 0.131 e. The van der Waals surface area contributed by atoms with Crippen LogP contribution in [0.3, 0.4) is 0 Å². The maximum absolute atomic E-state index is 11.0. The molecule has 1 aromatic rings. The van der Waals surface area contributed by atoms with Gasteiger partial charge in [-0.2, -0.15) is 5.26 Å². The van der Waals surface area contributed by atoms with Crippen LogP contribution in [0.15, 0.2) is 24.3 Å². The molecular formula is C13H16N2O. The lowest BCUT2D eigenvalue weighted by atomic mass is 10.1. The maximum atomic E-state index is 11.0. The van der Waals surface area contributed by atoms with Crippen molar-refractivity contribution in [3.05, 3.63) is 29.8 Å². The molecule has 3 nitrogen and oxygen atoms in total. The molecule has 1 aromatic carbocycles. The highest BCUT2D eigenvalue weighted by Gasteiger charge is 2.11. The third kappa shape index (κ3) is 3.09. The van der Waals surface area contributed by atoms with Crippen molar-refractivity contribution in [2.24, 2.45) is 0 Å². The van der Waals surface area contributed by atoms with Gasteiger partial charge >= 0.3 is 0 Å². The van der Waals surface area contributed by atoms with Crippen molar-refractivity contribution in [3.8, 4) is 6.07 Å². The fourth-order valence-electron chi connectivity index (χ4n) is 1.58. The fraction of sp³-hybridized carbons (Fsp3) is 0.385. The van der Waals surface area contributed by atoms with Crippen LogP contribution >= 0.6 is 0 Å². The number of hydrogen-bond acceptors (Lipinski definition) is 3. The van der Waals surface area contributed by atoms with Gasteiger partial charge in [-0.25, -0.2) is 0 Å². The Morgan fingerprint density at radius 3 is 2.44 bits per heavy atom. The van der Waals surface area contributed by atoms with E-state index in [2.05, 4.69) is 6.07 Å². The second-order valence-electron chi connectivity index (χ2n) is 4.02. The largest absolute Gasteiger partial charge is 0.371 e. The van der Waals surface area contributed by atoms with Gasteiger partial charge in [0, 0.05) is 25.2 Å². The van der Waals surface area contributed by atoms with Crippen molar-refractivity contribution < 1.29 is 4.79 Å². The van der Waals surface area contributed by atoms with Crippen LogP contribution in [0, 0.1) is 11.3 Å². The number of rotatable bonds is 4. The standard InChI is InChI=1S/C13H16N2O/c1-10(8-11(2)16)15(3)13-6-4-12(9-14)5-7-13/h4-7,10H,8H2,1-3H3. The minimum atomic E-state index is 0.172. The predicted molar refractivity (Wildman–Crippen MR) is 64.3 cm³/mol. The van der Waals surface area contributed by atoms with E-state index in [1.165, 1.54) is 0 Å². The van der Waals surface area contributed by atoms with Gasteiger partial charge in [0.25, 0.3) is 0 Å². The molecule has 0 fully saturated rings. The number of anilines is 1. The van der Waals surface area contributed by atoms with E-state index in [1.54, 1.807) is 19.1 Å². The van der Waals surface area contributed by atoms with Crippen LogP contribution in [0.1, 0.15) is 25.8 Å². The number of ketones is 1. The molecule has 0 aromatic heterocycles. The zero-order chi connectivity index (χ0) is 12.1. The lowest BCUT2D eigenvalue weighted by Gasteiger charge is -2.26. The summed E-state index contributed by atoms with van der Waals surface area (Å²) in [5.41, 5.74) is 1.67. The third-order valence-corrected chi connectivity index (χ3v) is 2.65. The molecule has 0 N–H and O–H groups in total. The minimum absolute atomic E-state index is 0.172. The first-order valence-corrected chi connectivity index (χ1v) is 5.27. The Morgan fingerprint density at radius 1 is 1.44 bits per heavy atom. The zero-order valence-corrected chi connectivity index (χ0v) is 9.90. The first-order valence-electron chi connectivity index (χ1n) is 5.27. The molecule has 1 atom stereocenters. The molecule has 0 spiro atoms. The van der Waals surface area contributed by atoms with E-state index >= 15 is 0 Å². The molecule has 1 rings (SSSR count). The number of hydrogen-bond donors (Lipinski definition) is 0. The summed E-state index contributed by atoms with van der Waals surface area (Å²) in [6.07, 6.45) is 0.538. The second-order valence-corrected chi connectivity index (χ2v) is 4.02.